The average molecular weight is 454 g/mol. The zero-order valence-electron chi connectivity index (χ0n) is 14.7. The Morgan fingerprint density at radius 3 is 2.25 bits per heavy atom. The number of benzene rings is 2. The molecule has 0 amide bonds. The molecule has 2 aromatic rings. The molecule has 0 aliphatic heterocycles. The van der Waals surface area contributed by atoms with Gasteiger partial charge in [0, 0.05) is 0 Å². The van der Waals surface area contributed by atoms with Gasteiger partial charge in [-0.3, -0.25) is 0 Å². The molecular formula is C21H26OSTe. The zero-order chi connectivity index (χ0) is 17.4. The first kappa shape index (κ1) is 19.4. The van der Waals surface area contributed by atoms with Crippen LogP contribution in [-0.2, 0) is 10.8 Å². The predicted molar refractivity (Wildman–Crippen MR) is 106 cm³/mol. The Labute approximate surface area is 159 Å². The molecule has 0 saturated heterocycles. The van der Waals surface area contributed by atoms with Crippen LogP contribution < -0.4 is 3.61 Å². The van der Waals surface area contributed by atoms with Crippen molar-refractivity contribution in [2.24, 2.45) is 0 Å². The molecule has 0 aliphatic rings. The van der Waals surface area contributed by atoms with Crippen LogP contribution in [0.2, 0.25) is 0 Å². The normalized spacial score (nSPS) is 13.5. The molecule has 0 N–H and O–H groups in total. The second kappa shape index (κ2) is 10.2. The molecule has 1 unspecified atom stereocenters. The van der Waals surface area contributed by atoms with E-state index < -0.39 is 31.7 Å². The van der Waals surface area contributed by atoms with Gasteiger partial charge in [-0.1, -0.05) is 0 Å². The van der Waals surface area contributed by atoms with Gasteiger partial charge >= 0.3 is 160 Å². The van der Waals surface area contributed by atoms with E-state index in [1.165, 1.54) is 30.5 Å². The second-order valence-electron chi connectivity index (χ2n) is 5.85. The Kier molecular flexibility index (Phi) is 8.25. The Morgan fingerprint density at radius 2 is 1.67 bits per heavy atom. The van der Waals surface area contributed by atoms with E-state index in [4.69, 9.17) is 0 Å². The third-order valence-corrected chi connectivity index (χ3v) is 9.89. The van der Waals surface area contributed by atoms with Crippen molar-refractivity contribution >= 4 is 35.3 Å². The fraction of sp³-hybridized carbons (Fsp3) is 0.333. The van der Waals surface area contributed by atoms with Crippen LogP contribution >= 0.6 is 0 Å². The number of aryl methyl sites for hydroxylation is 1. The Bertz CT molecular complexity index is 690. The predicted octanol–water partition coefficient (Wildman–Crippen LogP) is 4.94. The van der Waals surface area contributed by atoms with Crippen LogP contribution in [0.5, 0.6) is 0 Å². The summed E-state index contributed by atoms with van der Waals surface area (Å²) in [6.45, 7) is 6.49. The first-order chi connectivity index (χ1) is 11.7. The quantitative estimate of drug-likeness (QED) is 0.517. The van der Waals surface area contributed by atoms with Crippen molar-refractivity contribution in [1.82, 2.24) is 0 Å². The van der Waals surface area contributed by atoms with Gasteiger partial charge in [0.15, 0.2) is 0 Å². The van der Waals surface area contributed by atoms with Crippen molar-refractivity contribution in [3.63, 3.8) is 0 Å². The van der Waals surface area contributed by atoms with Gasteiger partial charge in [0.05, 0.1) is 0 Å². The molecule has 2 rings (SSSR count). The summed E-state index contributed by atoms with van der Waals surface area (Å²) in [7, 11) is -1.03. The van der Waals surface area contributed by atoms with Gasteiger partial charge in [0.2, 0.25) is 0 Å². The first-order valence-electron chi connectivity index (χ1n) is 8.59. The third-order valence-electron chi connectivity index (χ3n) is 3.90. The topological polar surface area (TPSA) is 17.1 Å². The van der Waals surface area contributed by atoms with Gasteiger partial charge in [-0.2, -0.15) is 0 Å². The molecule has 0 fully saturated rings. The van der Waals surface area contributed by atoms with E-state index in [1.807, 2.05) is 12.1 Å². The summed E-state index contributed by atoms with van der Waals surface area (Å²) >= 11 is -0.611. The van der Waals surface area contributed by atoms with Gasteiger partial charge < -0.3 is 0 Å². The number of unbranched alkanes of at least 4 members (excludes halogenated alkanes) is 1. The van der Waals surface area contributed by atoms with Crippen LogP contribution in [0.4, 0.5) is 0 Å². The van der Waals surface area contributed by atoms with E-state index in [9.17, 15) is 4.21 Å². The standard InChI is InChI=1S/C21H26OSTe/c1-4-6-10-18(5-2)21(24-20-11-8-7-9-12-20)23(22)19-15-13-17(3)14-16-19/h7-9,11-16H,4-6,10H2,1-3H3/b21-18-. The fourth-order valence-corrected chi connectivity index (χ4v) is 8.28. The van der Waals surface area contributed by atoms with Gasteiger partial charge in [0.25, 0.3) is 0 Å². The molecule has 2 aromatic carbocycles. The maximum atomic E-state index is 13.3. The fourth-order valence-electron chi connectivity index (χ4n) is 2.42. The van der Waals surface area contributed by atoms with Gasteiger partial charge in [-0.05, 0) is 0 Å². The maximum absolute atomic E-state index is 13.3. The van der Waals surface area contributed by atoms with Crippen LogP contribution in [0.15, 0.2) is 68.0 Å². The summed E-state index contributed by atoms with van der Waals surface area (Å²) in [4.78, 5) is 0.944. The molecule has 0 aliphatic carbocycles. The Hall–Kier alpha value is -0.880. The van der Waals surface area contributed by atoms with Crippen molar-refractivity contribution in [3.05, 3.63) is 68.7 Å². The minimum absolute atomic E-state index is 0.611. The third kappa shape index (κ3) is 5.59. The monoisotopic (exact) mass is 456 g/mol. The minimum atomic E-state index is -1.03. The van der Waals surface area contributed by atoms with Crippen LogP contribution in [0.3, 0.4) is 0 Å². The molecule has 0 aromatic heterocycles. The molecule has 0 spiro atoms. The Balaban J connectivity index is 2.38. The molecule has 1 atom stereocenters. The summed E-state index contributed by atoms with van der Waals surface area (Å²) in [5, 5.41) is 0. The van der Waals surface area contributed by atoms with E-state index in [0.29, 0.717) is 0 Å². The van der Waals surface area contributed by atoms with Gasteiger partial charge in [-0.25, -0.2) is 0 Å². The number of rotatable bonds is 8. The summed E-state index contributed by atoms with van der Waals surface area (Å²) in [5.74, 6) is 0. The van der Waals surface area contributed by atoms with E-state index >= 15 is 0 Å². The molecular weight excluding hydrogens is 428 g/mol. The first-order valence-corrected chi connectivity index (χ1v) is 12.1. The van der Waals surface area contributed by atoms with Gasteiger partial charge in [0.1, 0.15) is 0 Å². The van der Waals surface area contributed by atoms with Crippen molar-refractivity contribution in [1.29, 1.82) is 0 Å². The number of hydrogen-bond acceptors (Lipinski definition) is 1. The molecule has 1 nitrogen and oxygen atoms in total. The molecule has 0 radical (unpaired) electrons. The van der Waals surface area contributed by atoms with Gasteiger partial charge in [-0.15, -0.1) is 0 Å². The molecule has 0 saturated carbocycles. The SMILES string of the molecule is CCCC/C(CC)=C(\[Te]c1ccccc1)S(=O)c1ccc(C)cc1. The van der Waals surface area contributed by atoms with E-state index in [-0.39, 0.29) is 0 Å². The van der Waals surface area contributed by atoms with E-state index in [1.54, 1.807) is 0 Å². The summed E-state index contributed by atoms with van der Waals surface area (Å²) in [5.41, 5.74) is 2.63. The van der Waals surface area contributed by atoms with Crippen molar-refractivity contribution in [2.75, 3.05) is 0 Å². The summed E-state index contributed by atoms with van der Waals surface area (Å²) < 4.78 is 15.9. The summed E-state index contributed by atoms with van der Waals surface area (Å²) in [6, 6.07) is 18.8. The van der Waals surface area contributed by atoms with Crippen LogP contribution in [0.25, 0.3) is 0 Å². The van der Waals surface area contributed by atoms with Crippen molar-refractivity contribution < 1.29 is 4.21 Å². The van der Waals surface area contributed by atoms with Crippen LogP contribution in [0, 0.1) is 6.92 Å². The van der Waals surface area contributed by atoms with Crippen LogP contribution in [-0.4, -0.2) is 25.1 Å². The van der Waals surface area contributed by atoms with Crippen molar-refractivity contribution in [3.8, 4) is 0 Å². The molecule has 128 valence electrons. The van der Waals surface area contributed by atoms with E-state index in [0.717, 1.165) is 17.7 Å². The molecule has 24 heavy (non-hydrogen) atoms. The zero-order valence-corrected chi connectivity index (χ0v) is 17.9. The van der Waals surface area contributed by atoms with E-state index in [2.05, 4.69) is 63.2 Å². The average Bonchev–Trinajstić information content (AvgIpc) is 2.62. The summed E-state index contributed by atoms with van der Waals surface area (Å²) in [6.07, 6.45) is 4.45. The number of hydrogen-bond donors (Lipinski definition) is 0. The second-order valence-corrected chi connectivity index (χ2v) is 11.2. The number of allylic oxidation sites excluding steroid dienone is 1. The van der Waals surface area contributed by atoms with Crippen molar-refractivity contribution in [2.45, 2.75) is 51.3 Å². The Morgan fingerprint density at radius 1 is 1.00 bits per heavy atom. The molecule has 3 heteroatoms. The molecule has 0 heterocycles. The molecule has 0 bridgehead atoms. The van der Waals surface area contributed by atoms with Crippen LogP contribution in [0.1, 0.15) is 45.1 Å².